The van der Waals surface area contributed by atoms with Gasteiger partial charge in [0.25, 0.3) is 0 Å². The van der Waals surface area contributed by atoms with Gasteiger partial charge in [0.05, 0.1) is 5.56 Å². The molecule has 102 valence electrons. The van der Waals surface area contributed by atoms with Gasteiger partial charge in [-0.2, -0.15) is 0 Å². The van der Waals surface area contributed by atoms with Crippen molar-refractivity contribution in [3.05, 3.63) is 35.4 Å². The number of benzene rings is 1. The van der Waals surface area contributed by atoms with Crippen LogP contribution >= 0.6 is 0 Å². The Labute approximate surface area is 109 Å². The molecule has 1 atom stereocenters. The van der Waals surface area contributed by atoms with Crippen molar-refractivity contribution in [2.24, 2.45) is 5.73 Å². The second-order valence-corrected chi connectivity index (χ2v) is 3.95. The maximum absolute atomic E-state index is 11.6. The molecule has 0 bridgehead atoms. The van der Waals surface area contributed by atoms with E-state index in [-0.39, 0.29) is 12.1 Å². The Morgan fingerprint density at radius 1 is 1.37 bits per heavy atom. The van der Waals surface area contributed by atoms with Crippen molar-refractivity contribution in [2.45, 2.75) is 19.5 Å². The predicted molar refractivity (Wildman–Crippen MR) is 67.4 cm³/mol. The van der Waals surface area contributed by atoms with E-state index in [4.69, 9.17) is 10.8 Å². The first-order valence-electron chi connectivity index (χ1n) is 5.56. The average Bonchev–Trinajstić information content (AvgIpc) is 2.35. The first-order valence-corrected chi connectivity index (χ1v) is 5.56. The molecule has 0 saturated carbocycles. The van der Waals surface area contributed by atoms with Crippen molar-refractivity contribution in [3.8, 4) is 0 Å². The normalized spacial score (nSPS) is 11.4. The van der Waals surface area contributed by atoms with Gasteiger partial charge in [0, 0.05) is 6.54 Å². The van der Waals surface area contributed by atoms with Crippen LogP contribution in [0.2, 0.25) is 0 Å². The number of carbonyl (C=O) groups excluding carboxylic acids is 2. The Morgan fingerprint density at radius 2 is 2.05 bits per heavy atom. The van der Waals surface area contributed by atoms with Crippen molar-refractivity contribution in [1.82, 2.24) is 10.6 Å². The molecule has 1 unspecified atom stereocenters. The van der Waals surface area contributed by atoms with Crippen LogP contribution in [0.3, 0.4) is 0 Å². The summed E-state index contributed by atoms with van der Waals surface area (Å²) in [7, 11) is 0. The van der Waals surface area contributed by atoms with E-state index in [1.165, 1.54) is 19.1 Å². The standard InChI is InChI=1S/C12H15N3O4/c1-7(15-12(13)19)10(16)14-6-8-3-2-4-9(5-8)11(17)18/h2-5,7H,6H2,1H3,(H,14,16)(H,17,18)(H3,13,15,19). The van der Waals surface area contributed by atoms with Gasteiger partial charge in [-0.3, -0.25) is 4.79 Å². The molecular weight excluding hydrogens is 250 g/mol. The van der Waals surface area contributed by atoms with Crippen LogP contribution in [0, 0.1) is 0 Å². The lowest BCUT2D eigenvalue weighted by Gasteiger charge is -2.12. The molecule has 0 aromatic heterocycles. The summed E-state index contributed by atoms with van der Waals surface area (Å²) in [6.07, 6.45) is 0. The van der Waals surface area contributed by atoms with Crippen LogP contribution in [0.15, 0.2) is 24.3 Å². The molecule has 0 aliphatic rings. The molecular formula is C12H15N3O4. The lowest BCUT2D eigenvalue weighted by molar-refractivity contribution is -0.122. The number of carbonyl (C=O) groups is 3. The third-order valence-electron chi connectivity index (χ3n) is 2.39. The predicted octanol–water partition coefficient (Wildman–Crippen LogP) is 0.0578. The number of rotatable bonds is 5. The third kappa shape index (κ3) is 4.66. The molecule has 1 aromatic carbocycles. The summed E-state index contributed by atoms with van der Waals surface area (Å²) in [6.45, 7) is 1.67. The second-order valence-electron chi connectivity index (χ2n) is 3.95. The van der Waals surface area contributed by atoms with Crippen molar-refractivity contribution < 1.29 is 19.5 Å². The maximum Gasteiger partial charge on any atom is 0.335 e. The smallest absolute Gasteiger partial charge is 0.335 e. The number of urea groups is 1. The van der Waals surface area contributed by atoms with Crippen LogP contribution in [-0.2, 0) is 11.3 Å². The summed E-state index contributed by atoms with van der Waals surface area (Å²) in [5.74, 6) is -1.43. The third-order valence-corrected chi connectivity index (χ3v) is 2.39. The molecule has 0 aliphatic heterocycles. The Morgan fingerprint density at radius 3 is 2.63 bits per heavy atom. The first kappa shape index (κ1) is 14.5. The number of aromatic carboxylic acids is 1. The molecule has 1 rings (SSSR count). The van der Waals surface area contributed by atoms with E-state index >= 15 is 0 Å². The summed E-state index contributed by atoms with van der Waals surface area (Å²) in [5.41, 5.74) is 5.70. The highest BCUT2D eigenvalue weighted by Crippen LogP contribution is 2.05. The number of carboxylic acid groups (broad SMARTS) is 1. The number of amides is 3. The number of nitrogens with one attached hydrogen (secondary N) is 2. The van der Waals surface area contributed by atoms with E-state index in [2.05, 4.69) is 10.6 Å². The Balaban J connectivity index is 2.57. The Hall–Kier alpha value is -2.57. The van der Waals surface area contributed by atoms with Crippen LogP contribution in [0.4, 0.5) is 4.79 Å². The summed E-state index contributed by atoms with van der Waals surface area (Å²) >= 11 is 0. The van der Waals surface area contributed by atoms with E-state index in [1.807, 2.05) is 0 Å². The zero-order valence-electron chi connectivity index (χ0n) is 10.3. The van der Waals surface area contributed by atoms with Crippen LogP contribution in [-0.4, -0.2) is 29.1 Å². The molecule has 0 aliphatic carbocycles. The number of hydrogen-bond donors (Lipinski definition) is 4. The average molecular weight is 265 g/mol. The van der Waals surface area contributed by atoms with Gasteiger partial charge < -0.3 is 21.5 Å². The highest BCUT2D eigenvalue weighted by atomic mass is 16.4. The largest absolute Gasteiger partial charge is 0.478 e. The van der Waals surface area contributed by atoms with E-state index in [9.17, 15) is 14.4 Å². The van der Waals surface area contributed by atoms with E-state index < -0.39 is 23.9 Å². The maximum atomic E-state index is 11.6. The van der Waals surface area contributed by atoms with Crippen molar-refractivity contribution >= 4 is 17.9 Å². The van der Waals surface area contributed by atoms with Gasteiger partial charge in [-0.05, 0) is 24.6 Å². The zero-order valence-corrected chi connectivity index (χ0v) is 10.3. The monoisotopic (exact) mass is 265 g/mol. The number of primary amides is 1. The SMILES string of the molecule is CC(NC(N)=O)C(=O)NCc1cccc(C(=O)O)c1. The number of hydrogen-bond acceptors (Lipinski definition) is 3. The van der Waals surface area contributed by atoms with E-state index in [1.54, 1.807) is 12.1 Å². The minimum Gasteiger partial charge on any atom is -0.478 e. The van der Waals surface area contributed by atoms with Crippen molar-refractivity contribution in [1.29, 1.82) is 0 Å². The fourth-order valence-electron chi connectivity index (χ4n) is 1.44. The summed E-state index contributed by atoms with van der Waals surface area (Å²) in [4.78, 5) is 32.9. The summed E-state index contributed by atoms with van der Waals surface area (Å²) in [6, 6.07) is 4.69. The van der Waals surface area contributed by atoms with Gasteiger partial charge in [-0.15, -0.1) is 0 Å². The van der Waals surface area contributed by atoms with Gasteiger partial charge in [-0.25, -0.2) is 9.59 Å². The molecule has 0 heterocycles. The first-order chi connectivity index (χ1) is 8.90. The zero-order chi connectivity index (χ0) is 14.4. The molecule has 0 fully saturated rings. The fourth-order valence-corrected chi connectivity index (χ4v) is 1.44. The number of carboxylic acids is 1. The quantitative estimate of drug-likeness (QED) is 0.601. The van der Waals surface area contributed by atoms with Gasteiger partial charge in [0.15, 0.2) is 0 Å². The second kappa shape index (κ2) is 6.39. The van der Waals surface area contributed by atoms with E-state index in [0.717, 1.165) is 0 Å². The number of nitrogens with two attached hydrogens (primary N) is 1. The minimum atomic E-state index is -1.03. The highest BCUT2D eigenvalue weighted by Gasteiger charge is 2.13. The molecule has 1 aromatic rings. The van der Waals surface area contributed by atoms with Gasteiger partial charge in [0.1, 0.15) is 6.04 Å². The summed E-state index contributed by atoms with van der Waals surface area (Å²) < 4.78 is 0. The van der Waals surface area contributed by atoms with Crippen molar-refractivity contribution in [3.63, 3.8) is 0 Å². The van der Waals surface area contributed by atoms with Gasteiger partial charge in [-0.1, -0.05) is 12.1 Å². The fraction of sp³-hybridized carbons (Fsp3) is 0.250. The van der Waals surface area contributed by atoms with Crippen LogP contribution in [0.5, 0.6) is 0 Å². The lowest BCUT2D eigenvalue weighted by Crippen LogP contribution is -2.46. The molecule has 19 heavy (non-hydrogen) atoms. The lowest BCUT2D eigenvalue weighted by atomic mass is 10.1. The van der Waals surface area contributed by atoms with Crippen LogP contribution in [0.25, 0.3) is 0 Å². The molecule has 0 spiro atoms. The Kier molecular flexibility index (Phi) is 4.87. The molecule has 7 nitrogen and oxygen atoms in total. The Bertz CT molecular complexity index is 502. The van der Waals surface area contributed by atoms with E-state index in [0.29, 0.717) is 5.56 Å². The molecule has 0 saturated heterocycles. The molecule has 5 N–H and O–H groups in total. The molecule has 0 radical (unpaired) electrons. The minimum absolute atomic E-state index is 0.148. The van der Waals surface area contributed by atoms with Crippen LogP contribution < -0.4 is 16.4 Å². The highest BCUT2D eigenvalue weighted by molar-refractivity contribution is 5.88. The molecule has 7 heteroatoms. The summed E-state index contributed by atoms with van der Waals surface area (Å²) in [5, 5.41) is 13.6. The molecule has 3 amide bonds. The van der Waals surface area contributed by atoms with Crippen molar-refractivity contribution in [2.75, 3.05) is 0 Å². The topological polar surface area (TPSA) is 122 Å². The van der Waals surface area contributed by atoms with Gasteiger partial charge in [0.2, 0.25) is 5.91 Å². The van der Waals surface area contributed by atoms with Gasteiger partial charge >= 0.3 is 12.0 Å². The van der Waals surface area contributed by atoms with Crippen LogP contribution in [0.1, 0.15) is 22.8 Å².